The van der Waals surface area contributed by atoms with E-state index >= 15 is 0 Å². The van der Waals surface area contributed by atoms with Gasteiger partial charge >= 0.3 is 0 Å². The molecule has 222 valence electrons. The fourth-order valence-electron chi connectivity index (χ4n) is 7.75. The second-order valence-electron chi connectivity index (χ2n) is 12.6. The maximum atomic E-state index is 6.27. The molecule has 0 spiro atoms. The lowest BCUT2D eigenvalue weighted by Crippen LogP contribution is -2.20. The standard InChI is InChI=1S/C44H30N2O/c1-2-11-32(12-3-1)45-27-30-21-23-33(46-40-17-7-4-13-36(40)37-14-5-8-18-41(37)46)26-39(30)34-24-22-29(25-31(34)28-45)35-16-10-20-43-44(35)38-15-6-9-19-42(38)47-43/h1-26H,27-28H2. The van der Waals surface area contributed by atoms with Gasteiger partial charge in [-0.05, 0) is 88.0 Å². The van der Waals surface area contributed by atoms with Gasteiger partial charge in [-0.25, -0.2) is 0 Å². The van der Waals surface area contributed by atoms with Crippen molar-refractivity contribution in [2.75, 3.05) is 4.90 Å². The number of hydrogen-bond acceptors (Lipinski definition) is 2. The average Bonchev–Trinajstić information content (AvgIpc) is 3.62. The number of para-hydroxylation sites is 4. The van der Waals surface area contributed by atoms with Gasteiger partial charge in [0.2, 0.25) is 0 Å². The van der Waals surface area contributed by atoms with Crippen LogP contribution in [0.25, 0.3) is 71.7 Å². The molecular formula is C44H30N2O. The van der Waals surface area contributed by atoms with Gasteiger partial charge in [-0.2, -0.15) is 0 Å². The van der Waals surface area contributed by atoms with Crippen LogP contribution in [0.1, 0.15) is 11.1 Å². The van der Waals surface area contributed by atoms with Gasteiger partial charge in [0.05, 0.1) is 11.0 Å². The Bertz CT molecular complexity index is 2590. The molecule has 0 fully saturated rings. The molecule has 0 saturated carbocycles. The lowest BCUT2D eigenvalue weighted by molar-refractivity contribution is 0.669. The molecule has 10 rings (SSSR count). The molecule has 0 amide bonds. The highest BCUT2D eigenvalue weighted by Crippen LogP contribution is 2.42. The van der Waals surface area contributed by atoms with Gasteiger partial charge in [0, 0.05) is 46.0 Å². The molecule has 9 aromatic rings. The zero-order valence-electron chi connectivity index (χ0n) is 25.7. The molecular weight excluding hydrogens is 572 g/mol. The summed E-state index contributed by atoms with van der Waals surface area (Å²) >= 11 is 0. The number of rotatable bonds is 3. The molecule has 0 radical (unpaired) electrons. The van der Waals surface area contributed by atoms with Gasteiger partial charge in [-0.1, -0.05) is 103 Å². The van der Waals surface area contributed by atoms with Crippen LogP contribution >= 0.6 is 0 Å². The smallest absolute Gasteiger partial charge is 0.136 e. The van der Waals surface area contributed by atoms with Gasteiger partial charge in [0.25, 0.3) is 0 Å². The Hall–Kier alpha value is -6.06. The fourth-order valence-corrected chi connectivity index (χ4v) is 7.75. The first-order valence-corrected chi connectivity index (χ1v) is 16.3. The van der Waals surface area contributed by atoms with Gasteiger partial charge in [0.1, 0.15) is 11.2 Å². The second-order valence-corrected chi connectivity index (χ2v) is 12.6. The lowest BCUT2D eigenvalue weighted by atomic mass is 9.91. The van der Waals surface area contributed by atoms with E-state index in [1.165, 1.54) is 71.9 Å². The molecule has 3 heteroatoms. The normalized spacial score (nSPS) is 12.9. The van der Waals surface area contributed by atoms with E-state index in [0.29, 0.717) is 0 Å². The number of fused-ring (bicyclic) bond motifs is 9. The highest BCUT2D eigenvalue weighted by atomic mass is 16.3. The van der Waals surface area contributed by atoms with Crippen molar-refractivity contribution < 1.29 is 4.42 Å². The minimum Gasteiger partial charge on any atom is -0.456 e. The van der Waals surface area contributed by atoms with Crippen LogP contribution < -0.4 is 4.90 Å². The third-order valence-electron chi connectivity index (χ3n) is 9.88. The van der Waals surface area contributed by atoms with Crippen LogP contribution in [0.4, 0.5) is 5.69 Å². The maximum absolute atomic E-state index is 6.27. The summed E-state index contributed by atoms with van der Waals surface area (Å²) in [6, 6.07) is 57.1. The zero-order valence-corrected chi connectivity index (χ0v) is 25.7. The van der Waals surface area contributed by atoms with Crippen molar-refractivity contribution in [2.24, 2.45) is 0 Å². The summed E-state index contributed by atoms with van der Waals surface area (Å²) in [7, 11) is 0. The van der Waals surface area contributed by atoms with Crippen molar-refractivity contribution in [1.29, 1.82) is 0 Å². The molecule has 1 aliphatic heterocycles. The third-order valence-corrected chi connectivity index (χ3v) is 9.88. The summed E-state index contributed by atoms with van der Waals surface area (Å²) in [4.78, 5) is 2.50. The number of aromatic nitrogens is 1. The Morgan fingerprint density at radius 2 is 1.11 bits per heavy atom. The minimum absolute atomic E-state index is 0.814. The van der Waals surface area contributed by atoms with E-state index in [2.05, 4.69) is 161 Å². The van der Waals surface area contributed by atoms with E-state index in [9.17, 15) is 0 Å². The van der Waals surface area contributed by atoms with Gasteiger partial charge in [-0.15, -0.1) is 0 Å². The lowest BCUT2D eigenvalue weighted by Gasteiger charge is -2.24. The predicted molar refractivity (Wildman–Crippen MR) is 195 cm³/mol. The Kier molecular flexibility index (Phi) is 5.70. The summed E-state index contributed by atoms with van der Waals surface area (Å²) in [5.41, 5.74) is 14.3. The van der Waals surface area contributed by atoms with Crippen LogP contribution in [0.2, 0.25) is 0 Å². The first-order chi connectivity index (χ1) is 23.3. The van der Waals surface area contributed by atoms with Crippen molar-refractivity contribution in [3.63, 3.8) is 0 Å². The monoisotopic (exact) mass is 602 g/mol. The van der Waals surface area contributed by atoms with Crippen molar-refractivity contribution >= 4 is 49.4 Å². The Labute approximate surface area is 272 Å². The number of anilines is 1. The first kappa shape index (κ1) is 26.2. The van der Waals surface area contributed by atoms with E-state index in [1.54, 1.807) is 0 Å². The Morgan fingerprint density at radius 1 is 0.426 bits per heavy atom. The molecule has 7 aromatic carbocycles. The zero-order chi connectivity index (χ0) is 30.9. The van der Waals surface area contributed by atoms with Crippen LogP contribution in [0.5, 0.6) is 0 Å². The van der Waals surface area contributed by atoms with Gasteiger partial charge in [0.15, 0.2) is 0 Å². The molecule has 47 heavy (non-hydrogen) atoms. The number of nitrogens with zero attached hydrogens (tertiary/aromatic N) is 2. The largest absolute Gasteiger partial charge is 0.456 e. The molecule has 0 unspecified atom stereocenters. The topological polar surface area (TPSA) is 21.3 Å². The van der Waals surface area contributed by atoms with Crippen molar-refractivity contribution in [1.82, 2.24) is 4.57 Å². The number of furan rings is 1. The van der Waals surface area contributed by atoms with E-state index in [4.69, 9.17) is 4.42 Å². The molecule has 1 aliphatic rings. The van der Waals surface area contributed by atoms with E-state index in [0.717, 1.165) is 29.6 Å². The molecule has 3 nitrogen and oxygen atoms in total. The number of benzene rings is 7. The SMILES string of the molecule is c1ccc(N2Cc3cc(-c4cccc5oc6ccccc6c45)ccc3-c3cc(-n4c5ccccc5c5ccccc54)ccc3C2)cc1. The van der Waals surface area contributed by atoms with Crippen LogP contribution in [0.3, 0.4) is 0 Å². The molecule has 0 atom stereocenters. The van der Waals surface area contributed by atoms with Gasteiger partial charge in [-0.3, -0.25) is 0 Å². The highest BCUT2D eigenvalue weighted by molar-refractivity contribution is 6.12. The molecule has 3 heterocycles. The molecule has 0 bridgehead atoms. The quantitative estimate of drug-likeness (QED) is 0.201. The average molecular weight is 603 g/mol. The molecule has 0 aliphatic carbocycles. The van der Waals surface area contributed by atoms with Crippen LogP contribution in [-0.2, 0) is 13.1 Å². The van der Waals surface area contributed by atoms with Crippen LogP contribution in [0.15, 0.2) is 162 Å². The maximum Gasteiger partial charge on any atom is 0.136 e. The first-order valence-electron chi connectivity index (χ1n) is 16.3. The molecule has 0 N–H and O–H groups in total. The second kappa shape index (κ2) is 10.2. The third kappa shape index (κ3) is 4.06. The molecule has 2 aromatic heterocycles. The minimum atomic E-state index is 0.814. The van der Waals surface area contributed by atoms with Crippen molar-refractivity contribution in [2.45, 2.75) is 13.1 Å². The summed E-state index contributed by atoms with van der Waals surface area (Å²) in [5, 5.41) is 4.88. The summed E-state index contributed by atoms with van der Waals surface area (Å²) in [6.07, 6.45) is 0. The van der Waals surface area contributed by atoms with Crippen LogP contribution in [0, 0.1) is 0 Å². The van der Waals surface area contributed by atoms with Gasteiger partial charge < -0.3 is 13.9 Å². The summed E-state index contributed by atoms with van der Waals surface area (Å²) < 4.78 is 8.69. The van der Waals surface area contributed by atoms with E-state index < -0.39 is 0 Å². The molecule has 0 saturated heterocycles. The fraction of sp³-hybridized carbons (Fsp3) is 0.0455. The summed E-state index contributed by atoms with van der Waals surface area (Å²) in [5.74, 6) is 0. The number of hydrogen-bond donors (Lipinski definition) is 0. The predicted octanol–water partition coefficient (Wildman–Crippen LogP) is 11.5. The summed E-state index contributed by atoms with van der Waals surface area (Å²) in [6.45, 7) is 1.65. The van der Waals surface area contributed by atoms with Crippen molar-refractivity contribution in [3.05, 3.63) is 169 Å². The van der Waals surface area contributed by atoms with E-state index in [-0.39, 0.29) is 0 Å². The Balaban J connectivity index is 1.19. The highest BCUT2D eigenvalue weighted by Gasteiger charge is 2.23. The van der Waals surface area contributed by atoms with E-state index in [1.807, 2.05) is 6.07 Å². The van der Waals surface area contributed by atoms with Crippen LogP contribution in [-0.4, -0.2) is 4.57 Å². The van der Waals surface area contributed by atoms with Crippen molar-refractivity contribution in [3.8, 4) is 27.9 Å². The Morgan fingerprint density at radius 3 is 1.91 bits per heavy atom.